The number of hydrogen-bond donors (Lipinski definition) is 4. The summed E-state index contributed by atoms with van der Waals surface area (Å²) in [6.07, 6.45) is 4.58. The van der Waals surface area contributed by atoms with E-state index in [0.717, 1.165) is 18.4 Å². The molecule has 0 saturated carbocycles. The van der Waals surface area contributed by atoms with E-state index < -0.39 is 28.8 Å². The van der Waals surface area contributed by atoms with Gasteiger partial charge in [0, 0.05) is 17.9 Å². The molecule has 8 nitrogen and oxygen atoms in total. The number of nitrogens with two attached hydrogens (primary N) is 1. The van der Waals surface area contributed by atoms with Gasteiger partial charge >= 0.3 is 0 Å². The average molecular weight is 506 g/mol. The van der Waals surface area contributed by atoms with Crippen molar-refractivity contribution in [3.63, 3.8) is 0 Å². The maximum absolute atomic E-state index is 13.3. The van der Waals surface area contributed by atoms with E-state index in [0.29, 0.717) is 31.1 Å². The summed E-state index contributed by atoms with van der Waals surface area (Å²) in [5, 5.41) is 32.0. The van der Waals surface area contributed by atoms with Gasteiger partial charge in [0.25, 0.3) is 0 Å². The molecule has 1 aliphatic rings. The maximum Gasteiger partial charge on any atom is 0.202 e. The topological polar surface area (TPSA) is 139 Å². The summed E-state index contributed by atoms with van der Waals surface area (Å²) < 4.78 is 11.4. The number of ketones is 2. The van der Waals surface area contributed by atoms with E-state index in [-0.39, 0.29) is 33.5 Å². The second kappa shape index (κ2) is 10.9. The normalized spacial score (nSPS) is 12.4. The van der Waals surface area contributed by atoms with E-state index >= 15 is 0 Å². The lowest BCUT2D eigenvalue weighted by molar-refractivity contribution is 0.0969. The highest BCUT2D eigenvalue weighted by Crippen LogP contribution is 2.46. The number of anilines is 1. The number of rotatable bonds is 10. The zero-order chi connectivity index (χ0) is 26.7. The van der Waals surface area contributed by atoms with Crippen molar-refractivity contribution in [3.8, 4) is 34.1 Å². The van der Waals surface area contributed by atoms with E-state index in [4.69, 9.17) is 15.2 Å². The molecule has 0 amide bonds. The highest BCUT2D eigenvalue weighted by molar-refractivity contribution is 6.33. The van der Waals surface area contributed by atoms with Crippen LogP contribution in [0.5, 0.6) is 23.0 Å². The number of carbonyl (C=O) groups excluding carboxylic acids is 2. The molecule has 194 valence electrons. The molecule has 1 aliphatic carbocycles. The number of benzene rings is 3. The predicted molar refractivity (Wildman–Crippen MR) is 140 cm³/mol. The van der Waals surface area contributed by atoms with Crippen LogP contribution < -0.4 is 10.5 Å². The van der Waals surface area contributed by atoms with Gasteiger partial charge in [-0.3, -0.25) is 9.59 Å². The van der Waals surface area contributed by atoms with Gasteiger partial charge < -0.3 is 30.5 Å². The van der Waals surface area contributed by atoms with Gasteiger partial charge in [0.2, 0.25) is 11.6 Å². The standard InChI is InChI=1S/C29H31NO7/c1-3-4-5-6-11-36-12-13-37-22-10-7-17(14-16(22)2)18-15-21(32)25-26(27(18)33)28(34)23-19(30)8-9-20(31)24(23)29(25)35/h7-10,14-15,31-33H,3-6,11-13,30H2,1-2H3. The van der Waals surface area contributed by atoms with Crippen LogP contribution in [0.15, 0.2) is 36.4 Å². The van der Waals surface area contributed by atoms with E-state index in [2.05, 4.69) is 6.92 Å². The Morgan fingerprint density at radius 2 is 1.51 bits per heavy atom. The summed E-state index contributed by atoms with van der Waals surface area (Å²) in [5.74, 6) is -2.26. The molecule has 5 N–H and O–H groups in total. The summed E-state index contributed by atoms with van der Waals surface area (Å²) in [6.45, 7) is 5.58. The molecule has 0 saturated heterocycles. The van der Waals surface area contributed by atoms with Crippen molar-refractivity contribution in [2.75, 3.05) is 25.6 Å². The smallest absolute Gasteiger partial charge is 0.202 e. The molecular weight excluding hydrogens is 474 g/mol. The molecule has 0 bridgehead atoms. The Morgan fingerprint density at radius 3 is 2.24 bits per heavy atom. The zero-order valence-corrected chi connectivity index (χ0v) is 21.0. The van der Waals surface area contributed by atoms with E-state index in [1.807, 2.05) is 6.92 Å². The minimum absolute atomic E-state index is 0.0108. The lowest BCUT2D eigenvalue weighted by atomic mass is 9.80. The Bertz CT molecular complexity index is 1360. The number of carbonyl (C=O) groups is 2. The number of nitrogen functional groups attached to an aromatic ring is 1. The number of phenols is 3. The van der Waals surface area contributed by atoms with E-state index in [1.54, 1.807) is 18.2 Å². The molecule has 0 aromatic heterocycles. The molecular formula is C29H31NO7. The van der Waals surface area contributed by atoms with Crippen LogP contribution in [0.25, 0.3) is 11.1 Å². The minimum Gasteiger partial charge on any atom is -0.507 e. The Morgan fingerprint density at radius 1 is 0.784 bits per heavy atom. The average Bonchev–Trinajstić information content (AvgIpc) is 2.87. The molecule has 0 spiro atoms. The van der Waals surface area contributed by atoms with Crippen molar-refractivity contribution in [2.45, 2.75) is 39.5 Å². The van der Waals surface area contributed by atoms with Gasteiger partial charge in [0.05, 0.1) is 28.9 Å². The maximum atomic E-state index is 13.3. The van der Waals surface area contributed by atoms with Crippen LogP contribution in [-0.4, -0.2) is 46.7 Å². The highest BCUT2D eigenvalue weighted by Gasteiger charge is 2.38. The SMILES string of the molecule is CCCCCCOCCOc1ccc(-c2cc(O)c3c(c2O)C(=O)c2c(N)ccc(O)c2C3=O)cc1C. The number of phenolic OH excluding ortho intramolecular Hbond substituents is 3. The van der Waals surface area contributed by atoms with E-state index in [1.165, 1.54) is 31.0 Å². The first-order valence-corrected chi connectivity index (χ1v) is 12.4. The first-order chi connectivity index (χ1) is 17.8. The van der Waals surface area contributed by atoms with Crippen LogP contribution in [0.3, 0.4) is 0 Å². The van der Waals surface area contributed by atoms with Crippen molar-refractivity contribution in [1.29, 1.82) is 0 Å². The molecule has 0 unspecified atom stereocenters. The van der Waals surface area contributed by atoms with Crippen LogP contribution in [0.1, 0.15) is 70.0 Å². The van der Waals surface area contributed by atoms with Crippen LogP contribution in [0, 0.1) is 6.92 Å². The first-order valence-electron chi connectivity index (χ1n) is 12.4. The number of hydrogen-bond acceptors (Lipinski definition) is 8. The molecule has 0 atom stereocenters. The molecule has 0 radical (unpaired) electrons. The van der Waals surface area contributed by atoms with Gasteiger partial charge in [-0.2, -0.15) is 0 Å². The molecule has 0 fully saturated rings. The molecule has 8 heteroatoms. The molecule has 3 aromatic rings. The van der Waals surface area contributed by atoms with Gasteiger partial charge in [-0.05, 0) is 54.8 Å². The van der Waals surface area contributed by atoms with Crippen molar-refractivity contribution in [1.82, 2.24) is 0 Å². The fraction of sp³-hybridized carbons (Fsp3) is 0.310. The molecule has 4 rings (SSSR count). The summed E-state index contributed by atoms with van der Waals surface area (Å²) in [4.78, 5) is 26.4. The number of aromatic hydroxyl groups is 3. The molecule has 3 aromatic carbocycles. The fourth-order valence-corrected chi connectivity index (χ4v) is 4.58. The third kappa shape index (κ3) is 4.97. The van der Waals surface area contributed by atoms with Gasteiger partial charge in [-0.25, -0.2) is 0 Å². The van der Waals surface area contributed by atoms with Gasteiger partial charge in [0.15, 0.2) is 0 Å². The van der Waals surface area contributed by atoms with Crippen LogP contribution in [0.4, 0.5) is 5.69 Å². The summed E-state index contributed by atoms with van der Waals surface area (Å²) in [5.41, 5.74) is 6.18. The van der Waals surface area contributed by atoms with E-state index in [9.17, 15) is 24.9 Å². The number of fused-ring (bicyclic) bond motifs is 2. The Labute approximate surface area is 215 Å². The van der Waals surface area contributed by atoms with Crippen LogP contribution in [0.2, 0.25) is 0 Å². The summed E-state index contributed by atoms with van der Waals surface area (Å²) >= 11 is 0. The Hall–Kier alpha value is -4.04. The molecule has 37 heavy (non-hydrogen) atoms. The zero-order valence-electron chi connectivity index (χ0n) is 21.0. The first kappa shape index (κ1) is 26.0. The summed E-state index contributed by atoms with van der Waals surface area (Å²) in [6, 6.07) is 8.94. The largest absolute Gasteiger partial charge is 0.507 e. The number of unbranched alkanes of at least 4 members (excludes halogenated alkanes) is 3. The lowest BCUT2D eigenvalue weighted by Crippen LogP contribution is -2.23. The van der Waals surface area contributed by atoms with Crippen molar-refractivity contribution in [3.05, 3.63) is 64.2 Å². The van der Waals surface area contributed by atoms with Crippen molar-refractivity contribution < 1.29 is 34.4 Å². The van der Waals surface area contributed by atoms with Crippen molar-refractivity contribution >= 4 is 17.3 Å². The second-order valence-corrected chi connectivity index (χ2v) is 9.13. The molecule has 0 aliphatic heterocycles. The molecule has 0 heterocycles. The Kier molecular flexibility index (Phi) is 7.69. The van der Waals surface area contributed by atoms with Gasteiger partial charge in [-0.15, -0.1) is 0 Å². The Balaban J connectivity index is 1.57. The number of ether oxygens (including phenoxy) is 2. The quantitative estimate of drug-likeness (QED) is 0.132. The monoisotopic (exact) mass is 505 g/mol. The van der Waals surface area contributed by atoms with Crippen LogP contribution in [-0.2, 0) is 4.74 Å². The second-order valence-electron chi connectivity index (χ2n) is 9.13. The summed E-state index contributed by atoms with van der Waals surface area (Å²) in [7, 11) is 0. The number of aryl methyl sites for hydroxylation is 1. The third-order valence-corrected chi connectivity index (χ3v) is 6.52. The predicted octanol–water partition coefficient (Wildman–Crippen LogP) is 5.11. The fourth-order valence-electron chi connectivity index (χ4n) is 4.58. The highest BCUT2D eigenvalue weighted by atomic mass is 16.5. The van der Waals surface area contributed by atoms with Crippen LogP contribution >= 0.6 is 0 Å². The van der Waals surface area contributed by atoms with Crippen molar-refractivity contribution in [2.24, 2.45) is 0 Å². The third-order valence-electron chi connectivity index (χ3n) is 6.52. The lowest BCUT2D eigenvalue weighted by Gasteiger charge is -2.23. The minimum atomic E-state index is -0.790. The van der Waals surface area contributed by atoms with Gasteiger partial charge in [0.1, 0.15) is 29.6 Å². The van der Waals surface area contributed by atoms with Gasteiger partial charge in [-0.1, -0.05) is 32.3 Å².